The van der Waals surface area contributed by atoms with Crippen LogP contribution in [0, 0.1) is 5.92 Å². The third kappa shape index (κ3) is 3.39. The Bertz CT molecular complexity index is 488. The first-order valence-corrected chi connectivity index (χ1v) is 8.02. The molecule has 1 aliphatic rings. The Morgan fingerprint density at radius 3 is 2.60 bits per heavy atom. The SMILES string of the molecule is CC(C)c1ccsc1C(=O)N1CCC(CC(N)=O)CC1. The molecule has 2 amide bonds. The molecule has 1 aliphatic heterocycles. The van der Waals surface area contributed by atoms with Crippen molar-refractivity contribution in [1.82, 2.24) is 4.90 Å². The average Bonchev–Trinajstić information content (AvgIpc) is 2.87. The van der Waals surface area contributed by atoms with Gasteiger partial charge >= 0.3 is 0 Å². The molecule has 1 fully saturated rings. The van der Waals surface area contributed by atoms with Crippen LogP contribution in [0.25, 0.3) is 0 Å². The number of nitrogens with two attached hydrogens (primary N) is 1. The fourth-order valence-corrected chi connectivity index (χ4v) is 3.74. The van der Waals surface area contributed by atoms with Crippen molar-refractivity contribution < 1.29 is 9.59 Å². The quantitative estimate of drug-likeness (QED) is 0.927. The van der Waals surface area contributed by atoms with Gasteiger partial charge in [0.2, 0.25) is 5.91 Å². The highest BCUT2D eigenvalue weighted by Gasteiger charge is 2.26. The number of hydrogen-bond acceptors (Lipinski definition) is 3. The Labute approximate surface area is 124 Å². The largest absolute Gasteiger partial charge is 0.370 e. The van der Waals surface area contributed by atoms with Crippen LogP contribution in [-0.4, -0.2) is 29.8 Å². The molecular weight excluding hydrogens is 272 g/mol. The zero-order chi connectivity index (χ0) is 14.7. The van der Waals surface area contributed by atoms with Crippen LogP contribution in [0.2, 0.25) is 0 Å². The maximum absolute atomic E-state index is 12.6. The highest BCUT2D eigenvalue weighted by molar-refractivity contribution is 7.12. The molecule has 0 atom stereocenters. The Kier molecular flexibility index (Phi) is 4.81. The number of carbonyl (C=O) groups excluding carboxylic acids is 2. The predicted molar refractivity (Wildman–Crippen MR) is 80.8 cm³/mol. The van der Waals surface area contributed by atoms with Crippen LogP contribution in [-0.2, 0) is 4.79 Å². The number of piperidine rings is 1. The summed E-state index contributed by atoms with van der Waals surface area (Å²) >= 11 is 1.53. The number of primary amides is 1. The van der Waals surface area contributed by atoms with Gasteiger partial charge < -0.3 is 10.6 Å². The lowest BCUT2D eigenvalue weighted by atomic mass is 9.93. The summed E-state index contributed by atoms with van der Waals surface area (Å²) in [5, 5.41) is 1.99. The number of hydrogen-bond donors (Lipinski definition) is 1. The first kappa shape index (κ1) is 15.0. The lowest BCUT2D eigenvalue weighted by molar-refractivity contribution is -0.119. The third-order valence-corrected chi connectivity index (χ3v) is 4.82. The van der Waals surface area contributed by atoms with E-state index in [1.807, 2.05) is 16.3 Å². The third-order valence-electron chi connectivity index (χ3n) is 3.90. The Morgan fingerprint density at radius 1 is 1.40 bits per heavy atom. The van der Waals surface area contributed by atoms with E-state index >= 15 is 0 Å². The number of nitrogens with zero attached hydrogens (tertiary/aromatic N) is 1. The van der Waals surface area contributed by atoms with E-state index < -0.39 is 0 Å². The van der Waals surface area contributed by atoms with E-state index in [0.29, 0.717) is 18.3 Å². The van der Waals surface area contributed by atoms with E-state index in [4.69, 9.17) is 5.73 Å². The smallest absolute Gasteiger partial charge is 0.264 e. The maximum Gasteiger partial charge on any atom is 0.264 e. The van der Waals surface area contributed by atoms with Crippen molar-refractivity contribution in [1.29, 1.82) is 0 Å². The van der Waals surface area contributed by atoms with Gasteiger partial charge in [0.25, 0.3) is 5.91 Å². The Morgan fingerprint density at radius 2 is 2.05 bits per heavy atom. The summed E-state index contributed by atoms with van der Waals surface area (Å²) in [5.41, 5.74) is 6.37. The lowest BCUT2D eigenvalue weighted by Crippen LogP contribution is -2.39. The van der Waals surface area contributed by atoms with Crippen LogP contribution >= 0.6 is 11.3 Å². The van der Waals surface area contributed by atoms with E-state index in [1.54, 1.807) is 0 Å². The first-order chi connectivity index (χ1) is 9.49. The van der Waals surface area contributed by atoms with E-state index in [9.17, 15) is 9.59 Å². The zero-order valence-electron chi connectivity index (χ0n) is 12.1. The summed E-state index contributed by atoms with van der Waals surface area (Å²) in [6.07, 6.45) is 2.19. The summed E-state index contributed by atoms with van der Waals surface area (Å²) in [5.74, 6) is 0.605. The summed E-state index contributed by atoms with van der Waals surface area (Å²) in [7, 11) is 0. The van der Waals surface area contributed by atoms with Gasteiger partial charge in [-0.1, -0.05) is 13.8 Å². The molecule has 110 valence electrons. The van der Waals surface area contributed by atoms with Crippen molar-refractivity contribution in [2.75, 3.05) is 13.1 Å². The normalized spacial score (nSPS) is 16.6. The van der Waals surface area contributed by atoms with Crippen LogP contribution in [0.3, 0.4) is 0 Å². The zero-order valence-corrected chi connectivity index (χ0v) is 12.9. The molecule has 0 aliphatic carbocycles. The highest BCUT2D eigenvalue weighted by Crippen LogP contribution is 2.28. The molecule has 2 heterocycles. The topological polar surface area (TPSA) is 63.4 Å². The number of thiophene rings is 1. The molecule has 0 aromatic carbocycles. The molecule has 4 nitrogen and oxygen atoms in total. The monoisotopic (exact) mass is 294 g/mol. The molecule has 1 saturated heterocycles. The molecule has 2 rings (SSSR count). The minimum absolute atomic E-state index is 0.140. The van der Waals surface area contributed by atoms with Gasteiger partial charge in [0, 0.05) is 19.5 Å². The molecule has 1 aromatic heterocycles. The van der Waals surface area contributed by atoms with E-state index in [2.05, 4.69) is 13.8 Å². The molecule has 5 heteroatoms. The number of amides is 2. The Hall–Kier alpha value is -1.36. The second-order valence-corrected chi connectivity index (χ2v) is 6.68. The van der Waals surface area contributed by atoms with Gasteiger partial charge in [-0.15, -0.1) is 11.3 Å². The first-order valence-electron chi connectivity index (χ1n) is 7.14. The standard InChI is InChI=1S/C15H22N2O2S/c1-10(2)12-5-8-20-14(12)15(19)17-6-3-11(4-7-17)9-13(16)18/h5,8,10-11H,3-4,6-7,9H2,1-2H3,(H2,16,18). The summed E-state index contributed by atoms with van der Waals surface area (Å²) in [6.45, 7) is 5.67. The minimum Gasteiger partial charge on any atom is -0.370 e. The van der Waals surface area contributed by atoms with Crippen molar-refractivity contribution in [3.8, 4) is 0 Å². The van der Waals surface area contributed by atoms with Crippen LogP contribution in [0.4, 0.5) is 0 Å². The van der Waals surface area contributed by atoms with Gasteiger partial charge in [-0.3, -0.25) is 9.59 Å². The molecule has 0 spiro atoms. The predicted octanol–water partition coefficient (Wildman–Crippen LogP) is 2.60. The van der Waals surface area contributed by atoms with Gasteiger partial charge in [-0.25, -0.2) is 0 Å². The summed E-state index contributed by atoms with van der Waals surface area (Å²) in [6, 6.07) is 2.04. The fraction of sp³-hybridized carbons (Fsp3) is 0.600. The van der Waals surface area contributed by atoms with Crippen molar-refractivity contribution in [2.45, 2.75) is 39.0 Å². The number of rotatable bonds is 4. The molecule has 1 aromatic rings. The average molecular weight is 294 g/mol. The van der Waals surface area contributed by atoms with Gasteiger partial charge in [-0.05, 0) is 41.7 Å². The number of carbonyl (C=O) groups is 2. The van der Waals surface area contributed by atoms with Gasteiger partial charge in [0.15, 0.2) is 0 Å². The number of likely N-dealkylation sites (tertiary alicyclic amines) is 1. The Balaban J connectivity index is 1.98. The van der Waals surface area contributed by atoms with Gasteiger partial charge in [0.05, 0.1) is 4.88 Å². The van der Waals surface area contributed by atoms with Crippen LogP contribution < -0.4 is 5.73 Å². The van der Waals surface area contributed by atoms with Crippen molar-refractivity contribution in [3.05, 3.63) is 21.9 Å². The molecule has 0 radical (unpaired) electrons. The van der Waals surface area contributed by atoms with Crippen LogP contribution in [0.1, 0.15) is 54.3 Å². The molecule has 20 heavy (non-hydrogen) atoms. The van der Waals surface area contributed by atoms with Crippen LogP contribution in [0.15, 0.2) is 11.4 Å². The van der Waals surface area contributed by atoms with Gasteiger partial charge in [-0.2, -0.15) is 0 Å². The molecular formula is C15H22N2O2S. The molecule has 0 unspecified atom stereocenters. The van der Waals surface area contributed by atoms with E-state index in [1.165, 1.54) is 11.3 Å². The summed E-state index contributed by atoms with van der Waals surface area (Å²) in [4.78, 5) is 26.3. The lowest BCUT2D eigenvalue weighted by Gasteiger charge is -2.31. The van der Waals surface area contributed by atoms with Gasteiger partial charge in [0.1, 0.15) is 0 Å². The molecule has 0 bridgehead atoms. The second-order valence-electron chi connectivity index (χ2n) is 5.77. The fourth-order valence-electron chi connectivity index (χ4n) is 2.72. The van der Waals surface area contributed by atoms with Crippen molar-refractivity contribution in [3.63, 3.8) is 0 Å². The van der Waals surface area contributed by atoms with Crippen molar-refractivity contribution in [2.24, 2.45) is 11.7 Å². The van der Waals surface area contributed by atoms with E-state index in [0.717, 1.165) is 36.4 Å². The van der Waals surface area contributed by atoms with Crippen molar-refractivity contribution >= 4 is 23.2 Å². The second kappa shape index (κ2) is 6.39. The minimum atomic E-state index is -0.241. The molecule has 0 saturated carbocycles. The van der Waals surface area contributed by atoms with Crippen LogP contribution in [0.5, 0.6) is 0 Å². The van der Waals surface area contributed by atoms with E-state index in [-0.39, 0.29) is 11.8 Å². The summed E-state index contributed by atoms with van der Waals surface area (Å²) < 4.78 is 0. The maximum atomic E-state index is 12.6. The molecule has 2 N–H and O–H groups in total. The highest BCUT2D eigenvalue weighted by atomic mass is 32.1.